The van der Waals surface area contributed by atoms with Crippen LogP contribution >= 0.6 is 0 Å². The predicted molar refractivity (Wildman–Crippen MR) is 152 cm³/mol. The van der Waals surface area contributed by atoms with Gasteiger partial charge in [0.2, 0.25) is 0 Å². The number of aldehydes is 1. The Balaban J connectivity index is 3.10. The van der Waals surface area contributed by atoms with Crippen molar-refractivity contribution in [2.45, 2.75) is 125 Å². The molecular formula is C32H52O5. The fraction of sp³-hybridized carbons (Fsp3) is 0.688. The maximum Gasteiger partial charge on any atom is 0.303 e. The summed E-state index contributed by atoms with van der Waals surface area (Å²) in [7, 11) is 0. The highest BCUT2D eigenvalue weighted by Crippen LogP contribution is 2.55. The summed E-state index contributed by atoms with van der Waals surface area (Å²) in [4.78, 5) is 23.4. The van der Waals surface area contributed by atoms with Gasteiger partial charge >= 0.3 is 5.97 Å². The predicted octanol–water partition coefficient (Wildman–Crippen LogP) is 7.18. The number of aliphatic hydroxyl groups excluding tert-OH is 1. The van der Waals surface area contributed by atoms with Crippen molar-refractivity contribution in [1.82, 2.24) is 0 Å². The number of hydrogen-bond donors (Lipinski definition) is 2. The molecule has 1 rings (SSSR count). The van der Waals surface area contributed by atoms with Gasteiger partial charge in [0.05, 0.1) is 5.60 Å². The van der Waals surface area contributed by atoms with E-state index in [1.54, 1.807) is 0 Å². The molecule has 5 nitrogen and oxygen atoms in total. The first-order chi connectivity index (χ1) is 17.3. The van der Waals surface area contributed by atoms with Gasteiger partial charge in [0, 0.05) is 25.4 Å². The number of hydrogen-bond acceptors (Lipinski definition) is 5. The Morgan fingerprint density at radius 1 is 1.08 bits per heavy atom. The maximum absolute atomic E-state index is 11.8. The highest BCUT2D eigenvalue weighted by molar-refractivity contribution is 5.74. The van der Waals surface area contributed by atoms with Gasteiger partial charge in [0.25, 0.3) is 0 Å². The van der Waals surface area contributed by atoms with E-state index in [4.69, 9.17) is 4.74 Å². The Morgan fingerprint density at radius 3 is 2.32 bits per heavy atom. The zero-order valence-electron chi connectivity index (χ0n) is 24.7. The number of rotatable bonds is 14. The number of aliphatic hydroxyl groups is 2. The Labute approximate surface area is 225 Å². The fourth-order valence-corrected chi connectivity index (χ4v) is 5.63. The quantitative estimate of drug-likeness (QED) is 0.111. The van der Waals surface area contributed by atoms with E-state index in [-0.39, 0.29) is 24.6 Å². The van der Waals surface area contributed by atoms with E-state index < -0.39 is 11.0 Å². The summed E-state index contributed by atoms with van der Waals surface area (Å²) < 4.78 is 5.66. The summed E-state index contributed by atoms with van der Waals surface area (Å²) in [6.45, 7) is 15.8. The molecule has 4 atom stereocenters. The minimum absolute atomic E-state index is 0.0259. The maximum atomic E-state index is 11.8. The summed E-state index contributed by atoms with van der Waals surface area (Å²) >= 11 is 0. The number of carbonyl (C=O) groups is 2. The van der Waals surface area contributed by atoms with Crippen LogP contribution in [0.2, 0.25) is 0 Å². The zero-order chi connectivity index (χ0) is 28.2. The molecule has 0 amide bonds. The smallest absolute Gasteiger partial charge is 0.303 e. The van der Waals surface area contributed by atoms with E-state index in [1.165, 1.54) is 18.1 Å². The lowest BCUT2D eigenvalue weighted by Gasteiger charge is -2.53. The minimum Gasteiger partial charge on any atom is -0.458 e. The van der Waals surface area contributed by atoms with E-state index in [1.807, 2.05) is 20.8 Å². The minimum atomic E-state index is -0.887. The van der Waals surface area contributed by atoms with Gasteiger partial charge in [-0.2, -0.15) is 0 Å². The zero-order valence-corrected chi connectivity index (χ0v) is 24.7. The van der Waals surface area contributed by atoms with Gasteiger partial charge in [0.15, 0.2) is 0 Å². The summed E-state index contributed by atoms with van der Waals surface area (Å²) in [5.41, 5.74) is 4.14. The SMILES string of the molecule is CC(=O)O[C@H](C/C=C(\C)CCC=C(C)C)/C(C)=C/CC[C@@]1(C)[C@H](CCCO)/C(=C(/C)C=O)CC[C@]1(C)O. The lowest BCUT2D eigenvalue weighted by Crippen LogP contribution is -2.52. The van der Waals surface area contributed by atoms with E-state index in [0.717, 1.165) is 55.1 Å². The molecule has 210 valence electrons. The van der Waals surface area contributed by atoms with Crippen LogP contribution in [0, 0.1) is 11.3 Å². The van der Waals surface area contributed by atoms with Gasteiger partial charge < -0.3 is 14.9 Å². The summed E-state index contributed by atoms with van der Waals surface area (Å²) in [5, 5.41) is 21.0. The Hall–Kier alpha value is -1.98. The fourth-order valence-electron chi connectivity index (χ4n) is 5.63. The molecule has 0 saturated heterocycles. The molecule has 0 spiro atoms. The molecule has 0 aromatic carbocycles. The van der Waals surface area contributed by atoms with Crippen molar-refractivity contribution in [1.29, 1.82) is 0 Å². The lowest BCUT2D eigenvalue weighted by molar-refractivity contribution is -0.144. The Bertz CT molecular complexity index is 885. The molecule has 1 fully saturated rings. The van der Waals surface area contributed by atoms with Crippen molar-refractivity contribution in [2.75, 3.05) is 6.61 Å². The van der Waals surface area contributed by atoms with Crippen LogP contribution in [-0.4, -0.2) is 40.8 Å². The van der Waals surface area contributed by atoms with Crippen LogP contribution < -0.4 is 0 Å². The molecule has 0 unspecified atom stereocenters. The van der Waals surface area contributed by atoms with Crippen molar-refractivity contribution in [2.24, 2.45) is 11.3 Å². The standard InChI is InChI=1S/C32H52O5/c1-23(2)12-9-13-24(3)16-17-30(37-27(6)35)25(4)14-10-19-31(7)29(15-11-21-33)28(26(5)22-34)18-20-32(31,8)36/h12,14,16,22,29-30,33,36H,9-11,13,15,17-21H2,1-8H3/b24-16+,25-14+,28-26-/t29-,30-,31+,32+/m1/s1. The van der Waals surface area contributed by atoms with Crippen molar-refractivity contribution < 1.29 is 24.5 Å². The van der Waals surface area contributed by atoms with Crippen LogP contribution in [0.5, 0.6) is 0 Å². The molecule has 5 heteroatoms. The molecule has 0 aliphatic heterocycles. The first-order valence-electron chi connectivity index (χ1n) is 13.9. The third-order valence-corrected chi connectivity index (χ3v) is 8.35. The first kappa shape index (κ1) is 33.0. The Morgan fingerprint density at radius 2 is 1.76 bits per heavy atom. The third-order valence-electron chi connectivity index (χ3n) is 8.35. The van der Waals surface area contributed by atoms with Gasteiger partial charge in [-0.3, -0.25) is 9.59 Å². The first-order valence-corrected chi connectivity index (χ1v) is 13.9. The third kappa shape index (κ3) is 10.0. The molecule has 0 aromatic rings. The van der Waals surface area contributed by atoms with Crippen LogP contribution in [0.4, 0.5) is 0 Å². The van der Waals surface area contributed by atoms with Crippen LogP contribution in [0.1, 0.15) is 113 Å². The topological polar surface area (TPSA) is 83.8 Å². The van der Waals surface area contributed by atoms with E-state index in [9.17, 15) is 19.8 Å². The second-order valence-electron chi connectivity index (χ2n) is 11.6. The highest BCUT2D eigenvalue weighted by Gasteiger charge is 2.52. The molecule has 1 aliphatic rings. The molecule has 0 bridgehead atoms. The average molecular weight is 517 g/mol. The van der Waals surface area contributed by atoms with Gasteiger partial charge in [-0.05, 0) is 110 Å². The second-order valence-corrected chi connectivity index (χ2v) is 11.6. The molecule has 37 heavy (non-hydrogen) atoms. The van der Waals surface area contributed by atoms with Crippen LogP contribution in [0.25, 0.3) is 0 Å². The van der Waals surface area contributed by atoms with Crippen LogP contribution in [0.3, 0.4) is 0 Å². The number of esters is 1. The second kappa shape index (κ2) is 15.4. The highest BCUT2D eigenvalue weighted by atomic mass is 16.5. The summed E-state index contributed by atoms with van der Waals surface area (Å²) in [6.07, 6.45) is 13.9. The van der Waals surface area contributed by atoms with Crippen molar-refractivity contribution in [3.63, 3.8) is 0 Å². The van der Waals surface area contributed by atoms with Gasteiger partial charge in [-0.15, -0.1) is 0 Å². The average Bonchev–Trinajstić information content (AvgIpc) is 2.81. The monoisotopic (exact) mass is 516 g/mol. The van der Waals surface area contributed by atoms with Crippen LogP contribution in [-0.2, 0) is 14.3 Å². The normalized spacial score (nSPS) is 26.9. The van der Waals surface area contributed by atoms with Gasteiger partial charge in [-0.25, -0.2) is 0 Å². The number of ether oxygens (including phenoxy) is 1. The number of carbonyl (C=O) groups excluding carboxylic acids is 2. The summed E-state index contributed by atoms with van der Waals surface area (Å²) in [6, 6.07) is 0. The van der Waals surface area contributed by atoms with Crippen molar-refractivity contribution >= 4 is 12.3 Å². The number of allylic oxidation sites excluding steroid dienone is 6. The molecule has 0 aromatic heterocycles. The molecular weight excluding hydrogens is 464 g/mol. The summed E-state index contributed by atoms with van der Waals surface area (Å²) in [5.74, 6) is -0.267. The van der Waals surface area contributed by atoms with Crippen LogP contribution in [0.15, 0.2) is 46.1 Å². The van der Waals surface area contributed by atoms with Gasteiger partial charge in [-0.1, -0.05) is 41.9 Å². The molecule has 0 heterocycles. The van der Waals surface area contributed by atoms with Crippen molar-refractivity contribution in [3.05, 3.63) is 46.1 Å². The Kier molecular flexibility index (Phi) is 13.8. The lowest BCUT2D eigenvalue weighted by atomic mass is 9.54. The molecule has 1 aliphatic carbocycles. The molecule has 2 N–H and O–H groups in total. The van der Waals surface area contributed by atoms with E-state index >= 15 is 0 Å². The largest absolute Gasteiger partial charge is 0.458 e. The van der Waals surface area contributed by atoms with E-state index in [0.29, 0.717) is 25.7 Å². The molecule has 1 saturated carbocycles. The molecule has 0 radical (unpaired) electrons. The van der Waals surface area contributed by atoms with Crippen molar-refractivity contribution in [3.8, 4) is 0 Å². The van der Waals surface area contributed by atoms with Gasteiger partial charge in [0.1, 0.15) is 12.4 Å². The van der Waals surface area contributed by atoms with E-state index in [2.05, 4.69) is 45.9 Å².